The predicted molar refractivity (Wildman–Crippen MR) is 103 cm³/mol. The van der Waals surface area contributed by atoms with Gasteiger partial charge in [0.1, 0.15) is 11.3 Å². The summed E-state index contributed by atoms with van der Waals surface area (Å²) in [5.74, 6) is 0.515. The second-order valence-corrected chi connectivity index (χ2v) is 7.36. The third-order valence-corrected chi connectivity index (χ3v) is 5.00. The Labute approximate surface area is 161 Å². The molecule has 2 aromatic heterocycles. The number of benzene rings is 1. The number of amides is 1. The molecule has 0 saturated heterocycles. The number of hydrogen-bond donors (Lipinski definition) is 1. The lowest BCUT2D eigenvalue weighted by Crippen LogP contribution is -2.36. The van der Waals surface area contributed by atoms with Gasteiger partial charge in [0, 0.05) is 25.6 Å². The molecule has 3 heterocycles. The minimum Gasteiger partial charge on any atom is -0.432 e. The highest BCUT2D eigenvalue weighted by molar-refractivity contribution is 5.92. The molecular formula is C19H24N6O3. The van der Waals surface area contributed by atoms with Crippen LogP contribution in [0.15, 0.2) is 33.5 Å². The minimum absolute atomic E-state index is 0.0566. The summed E-state index contributed by atoms with van der Waals surface area (Å²) >= 11 is 0. The maximum absolute atomic E-state index is 12.6. The highest BCUT2D eigenvalue weighted by atomic mass is 16.4. The molecule has 148 valence electrons. The molecule has 0 saturated carbocycles. The fraction of sp³-hybridized carbons (Fsp3) is 0.474. The van der Waals surface area contributed by atoms with Gasteiger partial charge in [0.25, 0.3) is 5.89 Å². The van der Waals surface area contributed by atoms with Gasteiger partial charge in [-0.1, -0.05) is 12.1 Å². The van der Waals surface area contributed by atoms with E-state index in [1.807, 2.05) is 37.2 Å². The average Bonchev–Trinajstić information content (AvgIpc) is 3.17. The third-order valence-electron chi connectivity index (χ3n) is 5.00. The second-order valence-electron chi connectivity index (χ2n) is 7.36. The molecule has 0 radical (unpaired) electrons. The number of nitrogens with zero attached hydrogens (tertiary/aromatic N) is 5. The van der Waals surface area contributed by atoms with Crippen LogP contribution in [0.25, 0.3) is 11.1 Å². The number of hydrogen-bond acceptors (Lipinski definition) is 6. The maximum atomic E-state index is 12.6. The van der Waals surface area contributed by atoms with Crippen molar-refractivity contribution in [2.75, 3.05) is 20.6 Å². The number of fused-ring (bicyclic) bond motifs is 2. The van der Waals surface area contributed by atoms with Crippen LogP contribution >= 0.6 is 0 Å². The van der Waals surface area contributed by atoms with Crippen molar-refractivity contribution in [2.24, 2.45) is 0 Å². The zero-order valence-electron chi connectivity index (χ0n) is 16.1. The summed E-state index contributed by atoms with van der Waals surface area (Å²) in [6.45, 7) is 1.87. The lowest BCUT2D eigenvalue weighted by Gasteiger charge is -2.14. The average molecular weight is 384 g/mol. The number of carbonyl (C=O) groups excluding carboxylic acids is 1. The fourth-order valence-corrected chi connectivity index (χ4v) is 3.43. The quantitative estimate of drug-likeness (QED) is 0.701. The highest BCUT2D eigenvalue weighted by Crippen LogP contribution is 2.16. The Morgan fingerprint density at radius 1 is 1.32 bits per heavy atom. The van der Waals surface area contributed by atoms with E-state index < -0.39 is 0 Å². The predicted octanol–water partition coefficient (Wildman–Crippen LogP) is 0.882. The molecule has 0 aliphatic carbocycles. The number of rotatable bonds is 5. The third kappa shape index (κ3) is 3.70. The fourth-order valence-electron chi connectivity index (χ4n) is 3.43. The van der Waals surface area contributed by atoms with Crippen LogP contribution in [-0.4, -0.2) is 56.8 Å². The summed E-state index contributed by atoms with van der Waals surface area (Å²) in [5.41, 5.74) is 1.17. The van der Waals surface area contributed by atoms with E-state index in [4.69, 9.17) is 4.42 Å². The zero-order chi connectivity index (χ0) is 19.7. The van der Waals surface area contributed by atoms with Gasteiger partial charge in [-0.15, -0.1) is 0 Å². The van der Waals surface area contributed by atoms with Crippen LogP contribution in [0.5, 0.6) is 0 Å². The van der Waals surface area contributed by atoms with E-state index in [1.54, 1.807) is 10.6 Å². The summed E-state index contributed by atoms with van der Waals surface area (Å²) in [6.07, 6.45) is 2.02. The smallest absolute Gasteiger partial charge is 0.345 e. The van der Waals surface area contributed by atoms with E-state index >= 15 is 0 Å². The van der Waals surface area contributed by atoms with Gasteiger partial charge in [0.05, 0.1) is 6.54 Å². The molecule has 9 nitrogen and oxygen atoms in total. The van der Waals surface area contributed by atoms with Crippen LogP contribution in [0.1, 0.15) is 29.4 Å². The largest absolute Gasteiger partial charge is 0.432 e. The van der Waals surface area contributed by atoms with Gasteiger partial charge in [-0.3, -0.25) is 9.36 Å². The van der Waals surface area contributed by atoms with Crippen molar-refractivity contribution in [3.63, 3.8) is 0 Å². The van der Waals surface area contributed by atoms with Crippen molar-refractivity contribution < 1.29 is 9.21 Å². The molecule has 1 amide bonds. The Bertz CT molecular complexity index is 1010. The number of nitrogens with one attached hydrogen (secondary N) is 1. The van der Waals surface area contributed by atoms with E-state index in [0.717, 1.165) is 18.8 Å². The molecule has 1 aliphatic heterocycles. The Morgan fingerprint density at radius 2 is 2.14 bits per heavy atom. The van der Waals surface area contributed by atoms with Crippen molar-refractivity contribution >= 4 is 17.0 Å². The lowest BCUT2D eigenvalue weighted by atomic mass is 10.1. The van der Waals surface area contributed by atoms with Gasteiger partial charge in [-0.25, -0.2) is 14.5 Å². The normalized spacial score (nSPS) is 16.9. The summed E-state index contributed by atoms with van der Waals surface area (Å²) < 4.78 is 8.79. The SMILES string of the molecule is CN(C)CCn1nc2n(c1=O)CCC(NC(=O)c1nc3ccccc3o1)CC2. The number of likely N-dealkylation sites (N-methyl/N-ethyl adjacent to an activating group) is 1. The monoisotopic (exact) mass is 384 g/mol. The van der Waals surface area contributed by atoms with E-state index in [1.165, 1.54) is 4.68 Å². The van der Waals surface area contributed by atoms with Crippen LogP contribution in [-0.2, 0) is 19.5 Å². The Balaban J connectivity index is 1.41. The number of oxazole rings is 1. The first-order valence-electron chi connectivity index (χ1n) is 9.49. The first kappa shape index (κ1) is 18.4. The van der Waals surface area contributed by atoms with Crippen molar-refractivity contribution in [3.8, 4) is 0 Å². The summed E-state index contributed by atoms with van der Waals surface area (Å²) in [5, 5.41) is 7.46. The van der Waals surface area contributed by atoms with E-state index in [9.17, 15) is 9.59 Å². The van der Waals surface area contributed by atoms with Crippen LogP contribution in [0.2, 0.25) is 0 Å². The van der Waals surface area contributed by atoms with Gasteiger partial charge in [-0.2, -0.15) is 5.10 Å². The van der Waals surface area contributed by atoms with Crippen molar-refractivity contribution in [1.82, 2.24) is 29.5 Å². The molecule has 1 aromatic carbocycles. The van der Waals surface area contributed by atoms with Crippen molar-refractivity contribution in [3.05, 3.63) is 46.5 Å². The highest BCUT2D eigenvalue weighted by Gasteiger charge is 2.24. The molecule has 9 heteroatoms. The first-order valence-corrected chi connectivity index (χ1v) is 9.49. The first-order chi connectivity index (χ1) is 13.5. The standard InChI is InChI=1S/C19H24N6O3/c1-23(2)11-12-25-19(27)24-10-9-13(7-8-16(24)22-25)20-17(26)18-21-14-5-3-4-6-15(14)28-18/h3-6,13H,7-12H2,1-2H3,(H,20,26). The molecule has 1 unspecified atom stereocenters. The second kappa shape index (κ2) is 7.59. The number of aryl methyl sites for hydroxylation is 1. The molecule has 0 spiro atoms. The van der Waals surface area contributed by atoms with Gasteiger partial charge < -0.3 is 14.6 Å². The van der Waals surface area contributed by atoms with Crippen LogP contribution < -0.4 is 11.0 Å². The molecule has 1 aliphatic rings. The molecule has 4 rings (SSSR count). The van der Waals surface area contributed by atoms with E-state index in [2.05, 4.69) is 15.4 Å². The summed E-state index contributed by atoms with van der Waals surface area (Å²) in [7, 11) is 3.94. The van der Waals surface area contributed by atoms with Gasteiger partial charge in [-0.05, 0) is 39.1 Å². The molecule has 28 heavy (non-hydrogen) atoms. The summed E-state index contributed by atoms with van der Waals surface area (Å²) in [6, 6.07) is 7.23. The van der Waals surface area contributed by atoms with Crippen LogP contribution in [0, 0.1) is 0 Å². The zero-order valence-corrected chi connectivity index (χ0v) is 16.1. The number of para-hydroxylation sites is 2. The van der Waals surface area contributed by atoms with Crippen molar-refractivity contribution in [2.45, 2.75) is 38.4 Å². The minimum atomic E-state index is -0.330. The van der Waals surface area contributed by atoms with Crippen molar-refractivity contribution in [1.29, 1.82) is 0 Å². The van der Waals surface area contributed by atoms with Crippen LogP contribution in [0.4, 0.5) is 0 Å². The number of aromatic nitrogens is 4. The Hall–Kier alpha value is -2.94. The molecule has 1 atom stereocenters. The molecule has 1 N–H and O–H groups in total. The Kier molecular flexibility index (Phi) is 4.99. The maximum Gasteiger partial charge on any atom is 0.345 e. The van der Waals surface area contributed by atoms with Crippen LogP contribution in [0.3, 0.4) is 0 Å². The molecular weight excluding hydrogens is 360 g/mol. The number of carbonyl (C=O) groups is 1. The lowest BCUT2D eigenvalue weighted by molar-refractivity contribution is 0.0900. The molecule has 0 fully saturated rings. The van der Waals surface area contributed by atoms with Gasteiger partial charge in [0.15, 0.2) is 5.58 Å². The van der Waals surface area contributed by atoms with E-state index in [-0.39, 0.29) is 23.5 Å². The molecule has 3 aromatic rings. The van der Waals surface area contributed by atoms with Gasteiger partial charge in [0.2, 0.25) is 0 Å². The Morgan fingerprint density at radius 3 is 2.93 bits per heavy atom. The summed E-state index contributed by atoms with van der Waals surface area (Å²) in [4.78, 5) is 31.3. The topological polar surface area (TPSA) is 98.2 Å². The van der Waals surface area contributed by atoms with E-state index in [0.29, 0.717) is 37.0 Å². The van der Waals surface area contributed by atoms with Gasteiger partial charge >= 0.3 is 11.6 Å². The molecule has 0 bridgehead atoms.